The van der Waals surface area contributed by atoms with E-state index in [2.05, 4.69) is 4.98 Å². The molecule has 0 atom stereocenters. The maximum Gasteiger partial charge on any atom is 0.131 e. The molecule has 1 heterocycles. The summed E-state index contributed by atoms with van der Waals surface area (Å²) in [7, 11) is 0. The third-order valence-electron chi connectivity index (χ3n) is 2.46. The minimum absolute atomic E-state index is 0.235. The zero-order valence-electron chi connectivity index (χ0n) is 9.32. The van der Waals surface area contributed by atoms with Gasteiger partial charge in [0, 0.05) is 16.1 Å². The minimum Gasteiger partial charge on any atom is -0.383 e. The van der Waals surface area contributed by atoms with E-state index in [1.807, 2.05) is 12.1 Å². The summed E-state index contributed by atoms with van der Waals surface area (Å²) < 4.78 is 0. The molecule has 0 bridgehead atoms. The first kappa shape index (κ1) is 12.7. The highest BCUT2D eigenvalue weighted by Crippen LogP contribution is 2.33. The molecular formula is C13H9Cl2N3. The van der Waals surface area contributed by atoms with E-state index in [-0.39, 0.29) is 6.42 Å². The van der Waals surface area contributed by atoms with Crippen LogP contribution in [0.4, 0.5) is 5.82 Å². The van der Waals surface area contributed by atoms with Crippen LogP contribution in [0.1, 0.15) is 5.69 Å². The summed E-state index contributed by atoms with van der Waals surface area (Å²) >= 11 is 12.0. The molecular weight excluding hydrogens is 269 g/mol. The van der Waals surface area contributed by atoms with Crippen LogP contribution < -0.4 is 5.73 Å². The van der Waals surface area contributed by atoms with Crippen LogP contribution in [0.5, 0.6) is 0 Å². The molecule has 90 valence electrons. The molecule has 2 rings (SSSR count). The van der Waals surface area contributed by atoms with Crippen LogP contribution in [-0.4, -0.2) is 4.98 Å². The predicted octanol–water partition coefficient (Wildman–Crippen LogP) is 3.70. The third-order valence-corrected chi connectivity index (χ3v) is 3.01. The zero-order chi connectivity index (χ0) is 13.1. The van der Waals surface area contributed by atoms with Crippen molar-refractivity contribution in [3.8, 4) is 17.2 Å². The summed E-state index contributed by atoms with van der Waals surface area (Å²) in [6.07, 6.45) is 0.235. The molecule has 3 nitrogen and oxygen atoms in total. The van der Waals surface area contributed by atoms with Gasteiger partial charge in [0.15, 0.2) is 0 Å². The number of nitriles is 1. The standard InChI is InChI=1S/C13H9Cl2N3/c14-8-1-3-10(12(15)7-8)11-4-2-9(5-6-16)18-13(11)17/h1-4,7H,5H2,(H2,17,18). The summed E-state index contributed by atoms with van der Waals surface area (Å²) in [6.45, 7) is 0. The van der Waals surface area contributed by atoms with Crippen LogP contribution in [0.2, 0.25) is 10.0 Å². The first-order valence-corrected chi connectivity index (χ1v) is 5.95. The van der Waals surface area contributed by atoms with Crippen LogP contribution in [0.25, 0.3) is 11.1 Å². The highest BCUT2D eigenvalue weighted by Gasteiger charge is 2.09. The van der Waals surface area contributed by atoms with Gasteiger partial charge in [-0.3, -0.25) is 0 Å². The van der Waals surface area contributed by atoms with Crippen molar-refractivity contribution in [3.63, 3.8) is 0 Å². The number of rotatable bonds is 2. The Hall–Kier alpha value is -1.76. The van der Waals surface area contributed by atoms with Crippen molar-refractivity contribution >= 4 is 29.0 Å². The molecule has 2 N–H and O–H groups in total. The van der Waals surface area contributed by atoms with E-state index < -0.39 is 0 Å². The lowest BCUT2D eigenvalue weighted by atomic mass is 10.1. The Morgan fingerprint density at radius 3 is 2.50 bits per heavy atom. The Labute approximate surface area is 115 Å². The van der Waals surface area contributed by atoms with Gasteiger partial charge in [-0.1, -0.05) is 29.3 Å². The van der Waals surface area contributed by atoms with Crippen molar-refractivity contribution in [2.24, 2.45) is 0 Å². The maximum absolute atomic E-state index is 8.60. The molecule has 0 aliphatic rings. The van der Waals surface area contributed by atoms with Gasteiger partial charge in [-0.25, -0.2) is 4.98 Å². The van der Waals surface area contributed by atoms with Crippen molar-refractivity contribution < 1.29 is 0 Å². The van der Waals surface area contributed by atoms with E-state index in [0.717, 1.165) is 11.1 Å². The highest BCUT2D eigenvalue weighted by molar-refractivity contribution is 6.36. The molecule has 1 aromatic heterocycles. The number of anilines is 1. The van der Waals surface area contributed by atoms with Gasteiger partial charge in [0.25, 0.3) is 0 Å². The lowest BCUT2D eigenvalue weighted by Crippen LogP contribution is -1.98. The SMILES string of the molecule is N#CCc1ccc(-c2ccc(Cl)cc2Cl)c(N)n1. The number of nitrogens with zero attached hydrogens (tertiary/aromatic N) is 2. The average Bonchev–Trinajstić information content (AvgIpc) is 2.31. The van der Waals surface area contributed by atoms with Gasteiger partial charge in [0.05, 0.1) is 23.2 Å². The highest BCUT2D eigenvalue weighted by atomic mass is 35.5. The Bertz CT molecular complexity index is 633. The summed E-state index contributed by atoms with van der Waals surface area (Å²) in [5.41, 5.74) is 8.03. The normalized spacial score (nSPS) is 10.1. The first-order valence-electron chi connectivity index (χ1n) is 5.19. The Morgan fingerprint density at radius 1 is 1.17 bits per heavy atom. The lowest BCUT2D eigenvalue weighted by molar-refractivity contribution is 1.12. The van der Waals surface area contributed by atoms with Crippen LogP contribution in [0.15, 0.2) is 30.3 Å². The molecule has 0 aliphatic carbocycles. The minimum atomic E-state index is 0.235. The van der Waals surface area contributed by atoms with Crippen LogP contribution in [0, 0.1) is 11.3 Å². The largest absolute Gasteiger partial charge is 0.383 e. The quantitative estimate of drug-likeness (QED) is 0.910. The lowest BCUT2D eigenvalue weighted by Gasteiger charge is -2.08. The fourth-order valence-electron chi connectivity index (χ4n) is 1.63. The summed E-state index contributed by atoms with van der Waals surface area (Å²) in [5.74, 6) is 0.354. The molecule has 18 heavy (non-hydrogen) atoms. The molecule has 0 radical (unpaired) electrons. The molecule has 0 saturated heterocycles. The fourth-order valence-corrected chi connectivity index (χ4v) is 2.14. The fraction of sp³-hybridized carbons (Fsp3) is 0.0769. The van der Waals surface area contributed by atoms with Gasteiger partial charge >= 0.3 is 0 Å². The van der Waals surface area contributed by atoms with Crippen molar-refractivity contribution in [3.05, 3.63) is 46.1 Å². The molecule has 0 aliphatic heterocycles. The predicted molar refractivity (Wildman–Crippen MR) is 73.4 cm³/mol. The van der Waals surface area contributed by atoms with Crippen molar-refractivity contribution in [2.75, 3.05) is 5.73 Å². The number of pyridine rings is 1. The molecule has 0 amide bonds. The van der Waals surface area contributed by atoms with Gasteiger partial charge in [-0.05, 0) is 24.3 Å². The molecule has 0 fully saturated rings. The number of halogens is 2. The Morgan fingerprint density at radius 2 is 1.89 bits per heavy atom. The summed E-state index contributed by atoms with van der Waals surface area (Å²) in [4.78, 5) is 4.17. The van der Waals surface area contributed by atoms with Crippen molar-refractivity contribution in [1.82, 2.24) is 4.98 Å². The topological polar surface area (TPSA) is 62.7 Å². The first-order chi connectivity index (χ1) is 8.61. The van der Waals surface area contributed by atoms with Crippen molar-refractivity contribution in [1.29, 1.82) is 5.26 Å². The van der Waals surface area contributed by atoms with Gasteiger partial charge < -0.3 is 5.73 Å². The van der Waals surface area contributed by atoms with Gasteiger partial charge in [-0.2, -0.15) is 5.26 Å². The smallest absolute Gasteiger partial charge is 0.131 e. The number of nitrogens with two attached hydrogens (primary N) is 1. The Kier molecular flexibility index (Phi) is 3.71. The molecule has 0 unspecified atom stereocenters. The summed E-state index contributed by atoms with van der Waals surface area (Å²) in [6, 6.07) is 10.8. The average molecular weight is 278 g/mol. The Balaban J connectivity index is 2.48. The number of aromatic nitrogens is 1. The van der Waals surface area contributed by atoms with Gasteiger partial charge in [0.1, 0.15) is 5.82 Å². The van der Waals surface area contributed by atoms with Crippen LogP contribution in [-0.2, 0) is 6.42 Å². The van der Waals surface area contributed by atoms with E-state index >= 15 is 0 Å². The molecule has 1 aromatic carbocycles. The number of hydrogen-bond acceptors (Lipinski definition) is 3. The number of nitrogen functional groups attached to an aromatic ring is 1. The molecule has 5 heteroatoms. The van der Waals surface area contributed by atoms with Gasteiger partial charge in [-0.15, -0.1) is 0 Å². The van der Waals surface area contributed by atoms with E-state index in [1.54, 1.807) is 24.3 Å². The van der Waals surface area contributed by atoms with Crippen LogP contribution >= 0.6 is 23.2 Å². The number of benzene rings is 1. The van der Waals surface area contributed by atoms with Gasteiger partial charge in [0.2, 0.25) is 0 Å². The molecule has 2 aromatic rings. The summed E-state index contributed by atoms with van der Waals surface area (Å²) in [5, 5.41) is 9.69. The molecule has 0 saturated carbocycles. The number of hydrogen-bond donors (Lipinski definition) is 1. The van der Waals surface area contributed by atoms with E-state index in [9.17, 15) is 0 Å². The third kappa shape index (κ3) is 2.56. The monoisotopic (exact) mass is 277 g/mol. The molecule has 0 spiro atoms. The van der Waals surface area contributed by atoms with E-state index in [1.165, 1.54) is 0 Å². The van der Waals surface area contributed by atoms with Crippen molar-refractivity contribution in [2.45, 2.75) is 6.42 Å². The second kappa shape index (κ2) is 5.26. The van der Waals surface area contributed by atoms with E-state index in [0.29, 0.717) is 21.6 Å². The second-order valence-electron chi connectivity index (χ2n) is 3.69. The zero-order valence-corrected chi connectivity index (χ0v) is 10.8. The maximum atomic E-state index is 8.60. The second-order valence-corrected chi connectivity index (χ2v) is 4.54. The van der Waals surface area contributed by atoms with Crippen LogP contribution in [0.3, 0.4) is 0 Å². The van der Waals surface area contributed by atoms with E-state index in [4.69, 9.17) is 34.2 Å².